The van der Waals surface area contributed by atoms with Crippen molar-refractivity contribution >= 4 is 17.3 Å². The molecule has 2 unspecified atom stereocenters. The van der Waals surface area contributed by atoms with Gasteiger partial charge in [-0.25, -0.2) is 0 Å². The van der Waals surface area contributed by atoms with Crippen LogP contribution in [-0.2, 0) is 4.79 Å². The lowest BCUT2D eigenvalue weighted by Crippen LogP contribution is -2.25. The summed E-state index contributed by atoms with van der Waals surface area (Å²) in [6.45, 7) is 7.27. The second-order valence-corrected chi connectivity index (χ2v) is 5.80. The van der Waals surface area contributed by atoms with E-state index in [1.54, 1.807) is 0 Å². The van der Waals surface area contributed by atoms with Crippen LogP contribution in [0.15, 0.2) is 18.2 Å². The molecule has 0 spiro atoms. The summed E-state index contributed by atoms with van der Waals surface area (Å²) in [6, 6.07) is 7.14. The number of nitrogens with one attached hydrogen (secondary N) is 2. The van der Waals surface area contributed by atoms with Gasteiger partial charge in [0.25, 0.3) is 0 Å². The van der Waals surface area contributed by atoms with Crippen LogP contribution in [-0.4, -0.2) is 36.5 Å². The van der Waals surface area contributed by atoms with Gasteiger partial charge in [0, 0.05) is 36.4 Å². The molecule has 110 valence electrons. The molecule has 0 radical (unpaired) electrons. The Balaban J connectivity index is 2.07. The maximum Gasteiger partial charge on any atom is 0.224 e. The number of likely N-dealkylation sites (N-methyl/N-ethyl adjacent to an activating group) is 1. The van der Waals surface area contributed by atoms with Gasteiger partial charge in [0.2, 0.25) is 5.91 Å². The Morgan fingerprint density at radius 2 is 2.20 bits per heavy atom. The van der Waals surface area contributed by atoms with Gasteiger partial charge in [0.05, 0.1) is 0 Å². The van der Waals surface area contributed by atoms with Gasteiger partial charge < -0.3 is 15.5 Å². The maximum absolute atomic E-state index is 11.5. The topological polar surface area (TPSA) is 44.4 Å². The molecule has 4 nitrogen and oxygen atoms in total. The molecule has 2 N–H and O–H groups in total. The van der Waals surface area contributed by atoms with Gasteiger partial charge in [-0.15, -0.1) is 0 Å². The van der Waals surface area contributed by atoms with E-state index in [2.05, 4.69) is 42.5 Å². The first-order chi connectivity index (χ1) is 9.49. The highest BCUT2D eigenvalue weighted by Crippen LogP contribution is 2.24. The Labute approximate surface area is 121 Å². The van der Waals surface area contributed by atoms with Gasteiger partial charge in [-0.2, -0.15) is 0 Å². The molecule has 4 heteroatoms. The molecule has 0 saturated carbocycles. The van der Waals surface area contributed by atoms with E-state index in [1.807, 2.05) is 19.1 Å². The molecule has 1 aliphatic heterocycles. The highest BCUT2D eigenvalue weighted by molar-refractivity contribution is 5.91. The number of hydrogen-bond acceptors (Lipinski definition) is 3. The first-order valence-electron chi connectivity index (χ1n) is 7.37. The normalized spacial score (nSPS) is 22.8. The number of carbonyl (C=O) groups is 1. The van der Waals surface area contributed by atoms with Crippen molar-refractivity contribution in [1.82, 2.24) is 4.90 Å². The predicted octanol–water partition coefficient (Wildman–Crippen LogP) is 2.85. The first-order valence-corrected chi connectivity index (χ1v) is 7.37. The molecule has 2 atom stereocenters. The van der Waals surface area contributed by atoms with E-state index in [9.17, 15) is 4.79 Å². The molecule has 1 saturated heterocycles. The van der Waals surface area contributed by atoms with Crippen molar-refractivity contribution in [3.8, 4) is 0 Å². The van der Waals surface area contributed by atoms with Gasteiger partial charge in [0.1, 0.15) is 0 Å². The van der Waals surface area contributed by atoms with Crippen LogP contribution in [0.25, 0.3) is 0 Å². The average molecular weight is 275 g/mol. The van der Waals surface area contributed by atoms with E-state index in [0.717, 1.165) is 24.3 Å². The van der Waals surface area contributed by atoms with Crippen molar-refractivity contribution in [2.45, 2.75) is 45.7 Å². The number of carbonyl (C=O) groups excluding carboxylic acids is 1. The highest BCUT2D eigenvalue weighted by Gasteiger charge is 2.26. The molecule has 0 aromatic heterocycles. The Bertz CT molecular complexity index is 477. The summed E-state index contributed by atoms with van der Waals surface area (Å²) in [5, 5.41) is 6.52. The van der Waals surface area contributed by atoms with Gasteiger partial charge in [-0.3, -0.25) is 4.79 Å². The molecule has 1 amide bonds. The molecule has 1 fully saturated rings. The third-order valence-electron chi connectivity index (χ3n) is 4.09. The van der Waals surface area contributed by atoms with Crippen molar-refractivity contribution in [1.29, 1.82) is 0 Å². The summed E-state index contributed by atoms with van der Waals surface area (Å²) in [5.41, 5.74) is 3.19. The van der Waals surface area contributed by atoms with Crippen molar-refractivity contribution in [3.05, 3.63) is 23.8 Å². The van der Waals surface area contributed by atoms with Crippen molar-refractivity contribution in [2.75, 3.05) is 24.2 Å². The summed E-state index contributed by atoms with van der Waals surface area (Å²) < 4.78 is 0. The number of nitrogens with zero attached hydrogens (tertiary/aromatic N) is 1. The van der Waals surface area contributed by atoms with Gasteiger partial charge in [-0.1, -0.05) is 13.0 Å². The lowest BCUT2D eigenvalue weighted by atomic mass is 10.1. The third-order valence-corrected chi connectivity index (χ3v) is 4.09. The molecule has 1 aliphatic rings. The molecule has 0 bridgehead atoms. The minimum absolute atomic E-state index is 0.0500. The van der Waals surface area contributed by atoms with E-state index in [4.69, 9.17) is 0 Å². The summed E-state index contributed by atoms with van der Waals surface area (Å²) >= 11 is 0. The smallest absolute Gasteiger partial charge is 0.224 e. The zero-order valence-electron chi connectivity index (χ0n) is 12.9. The number of rotatable bonds is 4. The number of hydrogen-bond donors (Lipinski definition) is 2. The van der Waals surface area contributed by atoms with Crippen LogP contribution in [0.1, 0.15) is 32.3 Å². The third kappa shape index (κ3) is 3.51. The van der Waals surface area contributed by atoms with Gasteiger partial charge >= 0.3 is 0 Å². The molecule has 1 aromatic rings. The van der Waals surface area contributed by atoms with E-state index in [1.165, 1.54) is 5.56 Å². The summed E-state index contributed by atoms with van der Waals surface area (Å²) in [7, 11) is 2.16. The van der Waals surface area contributed by atoms with E-state index in [-0.39, 0.29) is 5.91 Å². The molecule has 1 heterocycles. The Morgan fingerprint density at radius 3 is 2.80 bits per heavy atom. The van der Waals surface area contributed by atoms with E-state index >= 15 is 0 Å². The number of benzene rings is 1. The van der Waals surface area contributed by atoms with Crippen LogP contribution < -0.4 is 10.6 Å². The SMILES string of the molecule is CCC(=O)Nc1ccc(C)c(NC2CC(C)N(C)C2)c1. The Kier molecular flexibility index (Phi) is 4.65. The van der Waals surface area contributed by atoms with Gasteiger partial charge in [0.15, 0.2) is 0 Å². The zero-order chi connectivity index (χ0) is 14.7. The molecular weight excluding hydrogens is 250 g/mol. The van der Waals surface area contributed by atoms with Crippen molar-refractivity contribution in [2.24, 2.45) is 0 Å². The highest BCUT2D eigenvalue weighted by atomic mass is 16.1. The number of aryl methyl sites for hydroxylation is 1. The fourth-order valence-electron chi connectivity index (χ4n) is 2.62. The molecule has 20 heavy (non-hydrogen) atoms. The number of amides is 1. The van der Waals surface area contributed by atoms with Gasteiger partial charge in [-0.05, 0) is 45.0 Å². The van der Waals surface area contributed by atoms with Crippen LogP contribution in [0.5, 0.6) is 0 Å². The van der Waals surface area contributed by atoms with Crippen LogP contribution >= 0.6 is 0 Å². The fraction of sp³-hybridized carbons (Fsp3) is 0.562. The summed E-state index contributed by atoms with van der Waals surface area (Å²) in [6.07, 6.45) is 1.66. The van der Waals surface area contributed by atoms with Crippen LogP contribution in [0, 0.1) is 6.92 Å². The molecule has 1 aromatic carbocycles. The monoisotopic (exact) mass is 275 g/mol. The van der Waals surface area contributed by atoms with Crippen LogP contribution in [0.2, 0.25) is 0 Å². The predicted molar refractivity (Wildman–Crippen MR) is 84.2 cm³/mol. The minimum atomic E-state index is 0.0500. The quantitative estimate of drug-likeness (QED) is 0.888. The molecule has 0 aliphatic carbocycles. The van der Waals surface area contributed by atoms with E-state index < -0.39 is 0 Å². The lowest BCUT2D eigenvalue weighted by molar-refractivity contribution is -0.115. The lowest BCUT2D eigenvalue weighted by Gasteiger charge is -2.17. The first kappa shape index (κ1) is 14.9. The zero-order valence-corrected chi connectivity index (χ0v) is 12.9. The van der Waals surface area contributed by atoms with Crippen molar-refractivity contribution < 1.29 is 4.79 Å². The summed E-state index contributed by atoms with van der Waals surface area (Å²) in [4.78, 5) is 13.8. The second kappa shape index (κ2) is 6.27. The standard InChI is InChI=1S/C16H25N3O/c1-5-16(20)18-13-7-6-11(2)15(9-13)17-14-8-12(3)19(4)10-14/h6-7,9,12,14,17H,5,8,10H2,1-4H3,(H,18,20). The molecule has 2 rings (SSSR count). The average Bonchev–Trinajstić information content (AvgIpc) is 2.72. The van der Waals surface area contributed by atoms with E-state index in [0.29, 0.717) is 18.5 Å². The second-order valence-electron chi connectivity index (χ2n) is 5.80. The van der Waals surface area contributed by atoms with Crippen LogP contribution in [0.3, 0.4) is 0 Å². The fourth-order valence-corrected chi connectivity index (χ4v) is 2.62. The number of anilines is 2. The molecular formula is C16H25N3O. The minimum Gasteiger partial charge on any atom is -0.381 e. The number of likely N-dealkylation sites (tertiary alicyclic amines) is 1. The van der Waals surface area contributed by atoms with Crippen LogP contribution in [0.4, 0.5) is 11.4 Å². The maximum atomic E-state index is 11.5. The van der Waals surface area contributed by atoms with Crippen molar-refractivity contribution in [3.63, 3.8) is 0 Å². The largest absolute Gasteiger partial charge is 0.381 e. The Morgan fingerprint density at radius 1 is 1.45 bits per heavy atom. The Hall–Kier alpha value is -1.55. The summed E-state index contributed by atoms with van der Waals surface area (Å²) in [5.74, 6) is 0.0500.